The fourth-order valence-electron chi connectivity index (χ4n) is 8.35. The zero-order valence-corrected chi connectivity index (χ0v) is 23.0. The Morgan fingerprint density at radius 1 is 0.600 bits per heavy atom. The number of hydrogen-bond acceptors (Lipinski definition) is 2. The molecule has 2 fully saturated rings. The quantitative estimate of drug-likeness (QED) is 0.436. The smallest absolute Gasteiger partial charge is 0.115 e. The van der Waals surface area contributed by atoms with Gasteiger partial charge in [-0.3, -0.25) is 0 Å². The summed E-state index contributed by atoms with van der Waals surface area (Å²) in [6.07, 6.45) is 9.93. The summed E-state index contributed by atoms with van der Waals surface area (Å²) >= 11 is 0. The highest BCUT2D eigenvalue weighted by Gasteiger charge is 2.61. The van der Waals surface area contributed by atoms with Gasteiger partial charge in [0.2, 0.25) is 0 Å². The van der Waals surface area contributed by atoms with E-state index in [2.05, 4.69) is 65.8 Å². The Morgan fingerprint density at radius 2 is 0.886 bits per heavy atom. The number of hydrogen-bond donors (Lipinski definition) is 2. The predicted molar refractivity (Wildman–Crippen MR) is 147 cm³/mol. The molecule has 2 aliphatic carbocycles. The highest BCUT2D eigenvalue weighted by molar-refractivity contribution is 5.48. The SMILES string of the molecule is CC(C)C1CCC(C)(C(c2ccc(O)cc2)(c2ccc(O)cc2)C2(C)CCC(C(C)C)CC2)CC1. The van der Waals surface area contributed by atoms with Gasteiger partial charge in [-0.25, -0.2) is 0 Å². The van der Waals surface area contributed by atoms with Crippen molar-refractivity contribution in [3.8, 4) is 11.5 Å². The minimum Gasteiger partial charge on any atom is -0.508 e. The Labute approximate surface area is 214 Å². The lowest BCUT2D eigenvalue weighted by Crippen LogP contribution is -2.58. The maximum atomic E-state index is 10.2. The Morgan fingerprint density at radius 3 is 1.14 bits per heavy atom. The summed E-state index contributed by atoms with van der Waals surface area (Å²) in [4.78, 5) is 0. The molecule has 0 heterocycles. The third-order valence-corrected chi connectivity index (χ3v) is 10.6. The molecule has 0 bridgehead atoms. The van der Waals surface area contributed by atoms with Gasteiger partial charge in [0, 0.05) is 5.41 Å². The molecule has 2 saturated carbocycles. The van der Waals surface area contributed by atoms with Crippen LogP contribution in [0.25, 0.3) is 0 Å². The molecule has 4 rings (SSSR count). The molecular formula is C33H48O2. The molecule has 192 valence electrons. The van der Waals surface area contributed by atoms with Gasteiger partial charge in [-0.05, 0) is 121 Å². The first kappa shape index (κ1) is 26.1. The third-order valence-electron chi connectivity index (χ3n) is 10.6. The highest BCUT2D eigenvalue weighted by Crippen LogP contribution is 2.67. The Hall–Kier alpha value is -1.96. The van der Waals surface area contributed by atoms with Crippen LogP contribution >= 0.6 is 0 Å². The summed E-state index contributed by atoms with van der Waals surface area (Å²) in [5.41, 5.74) is 2.65. The molecule has 2 aromatic carbocycles. The molecule has 2 heteroatoms. The lowest BCUT2D eigenvalue weighted by Gasteiger charge is -2.63. The second-order valence-corrected chi connectivity index (χ2v) is 13.1. The van der Waals surface area contributed by atoms with Gasteiger partial charge in [0.15, 0.2) is 0 Å². The van der Waals surface area contributed by atoms with Gasteiger partial charge in [-0.1, -0.05) is 65.8 Å². The summed E-state index contributed by atoms with van der Waals surface area (Å²) < 4.78 is 0. The first-order valence-corrected chi connectivity index (χ1v) is 14.1. The van der Waals surface area contributed by atoms with Gasteiger partial charge in [-0.15, -0.1) is 0 Å². The molecular weight excluding hydrogens is 428 g/mol. The molecule has 2 N–H and O–H groups in total. The minimum absolute atomic E-state index is 0.0890. The first-order chi connectivity index (χ1) is 16.5. The van der Waals surface area contributed by atoms with Crippen LogP contribution < -0.4 is 0 Å². The van der Waals surface area contributed by atoms with E-state index in [4.69, 9.17) is 0 Å². The van der Waals surface area contributed by atoms with Gasteiger partial charge in [0.25, 0.3) is 0 Å². The van der Waals surface area contributed by atoms with E-state index in [9.17, 15) is 10.2 Å². The standard InChI is InChI=1S/C33H48O2/c1-23(2)25-15-19-31(5,20-16-25)33(27-7-11-29(34)12-8-27,28-9-13-30(35)14-10-28)32(6)21-17-26(18-22-32)24(3)4/h7-14,23-26,34-35H,15-22H2,1-6H3. The first-order valence-electron chi connectivity index (χ1n) is 14.1. The maximum Gasteiger partial charge on any atom is 0.115 e. The van der Waals surface area contributed by atoms with E-state index in [1.807, 2.05) is 24.3 Å². The zero-order chi connectivity index (χ0) is 25.4. The second-order valence-electron chi connectivity index (χ2n) is 13.1. The molecule has 0 spiro atoms. The molecule has 0 atom stereocenters. The number of benzene rings is 2. The van der Waals surface area contributed by atoms with Gasteiger partial charge >= 0.3 is 0 Å². The number of aromatic hydroxyl groups is 2. The molecule has 2 nitrogen and oxygen atoms in total. The zero-order valence-electron chi connectivity index (χ0n) is 23.0. The minimum atomic E-state index is -0.189. The van der Waals surface area contributed by atoms with Crippen LogP contribution in [0.5, 0.6) is 11.5 Å². The Balaban J connectivity index is 1.93. The topological polar surface area (TPSA) is 40.5 Å². The molecule has 0 radical (unpaired) electrons. The second kappa shape index (κ2) is 9.83. The Kier molecular flexibility index (Phi) is 7.33. The van der Waals surface area contributed by atoms with Crippen LogP contribution in [0, 0.1) is 34.5 Å². The van der Waals surface area contributed by atoms with Crippen molar-refractivity contribution in [3.05, 3.63) is 59.7 Å². The highest BCUT2D eigenvalue weighted by atomic mass is 16.3. The van der Waals surface area contributed by atoms with Crippen molar-refractivity contribution in [2.24, 2.45) is 34.5 Å². The maximum absolute atomic E-state index is 10.2. The van der Waals surface area contributed by atoms with Crippen LogP contribution in [-0.4, -0.2) is 10.2 Å². The molecule has 2 aliphatic rings. The summed E-state index contributed by atoms with van der Waals surface area (Å²) in [5.74, 6) is 3.71. The largest absolute Gasteiger partial charge is 0.508 e. The normalized spacial score (nSPS) is 30.1. The van der Waals surface area contributed by atoms with Crippen molar-refractivity contribution >= 4 is 0 Å². The van der Waals surface area contributed by atoms with Crippen molar-refractivity contribution in [3.63, 3.8) is 0 Å². The van der Waals surface area contributed by atoms with Gasteiger partial charge in [-0.2, -0.15) is 0 Å². The molecule has 0 aliphatic heterocycles. The van der Waals surface area contributed by atoms with Crippen LogP contribution in [0.1, 0.15) is 104 Å². The summed E-state index contributed by atoms with van der Waals surface area (Å²) in [6.45, 7) is 14.7. The van der Waals surface area contributed by atoms with Gasteiger partial charge in [0.05, 0.1) is 0 Å². The van der Waals surface area contributed by atoms with Crippen molar-refractivity contribution < 1.29 is 10.2 Å². The molecule has 0 saturated heterocycles. The van der Waals surface area contributed by atoms with Crippen molar-refractivity contribution in [2.75, 3.05) is 0 Å². The fraction of sp³-hybridized carbons (Fsp3) is 0.636. The molecule has 0 amide bonds. The van der Waals surface area contributed by atoms with Crippen molar-refractivity contribution in [2.45, 2.75) is 98.3 Å². The van der Waals surface area contributed by atoms with E-state index in [0.29, 0.717) is 11.5 Å². The van der Waals surface area contributed by atoms with Crippen molar-refractivity contribution in [1.82, 2.24) is 0 Å². The molecule has 35 heavy (non-hydrogen) atoms. The number of phenols is 2. The van der Waals surface area contributed by atoms with E-state index < -0.39 is 0 Å². The molecule has 0 aromatic heterocycles. The third kappa shape index (κ3) is 4.51. The average molecular weight is 477 g/mol. The Bertz CT molecular complexity index is 872. The summed E-state index contributed by atoms with van der Waals surface area (Å²) in [5, 5.41) is 20.5. The summed E-state index contributed by atoms with van der Waals surface area (Å²) in [6, 6.07) is 16.3. The number of rotatable bonds is 6. The van der Waals surface area contributed by atoms with E-state index in [1.54, 1.807) is 0 Å². The summed E-state index contributed by atoms with van der Waals surface area (Å²) in [7, 11) is 0. The average Bonchev–Trinajstić information content (AvgIpc) is 2.82. The van der Waals surface area contributed by atoms with E-state index in [1.165, 1.54) is 62.5 Å². The van der Waals surface area contributed by atoms with Crippen LogP contribution in [0.4, 0.5) is 0 Å². The van der Waals surface area contributed by atoms with E-state index in [-0.39, 0.29) is 16.2 Å². The van der Waals surface area contributed by atoms with Crippen LogP contribution in [0.3, 0.4) is 0 Å². The van der Waals surface area contributed by atoms with Crippen LogP contribution in [-0.2, 0) is 5.41 Å². The van der Waals surface area contributed by atoms with Gasteiger partial charge in [0.1, 0.15) is 11.5 Å². The molecule has 2 aromatic rings. The van der Waals surface area contributed by atoms with E-state index >= 15 is 0 Å². The van der Waals surface area contributed by atoms with Gasteiger partial charge < -0.3 is 10.2 Å². The predicted octanol–water partition coefficient (Wildman–Crippen LogP) is 9.09. The molecule has 0 unspecified atom stereocenters. The lowest BCUT2D eigenvalue weighted by atomic mass is 9.40. The lowest BCUT2D eigenvalue weighted by molar-refractivity contribution is -0.0395. The number of phenolic OH excluding ortho intramolecular Hbond substituents is 2. The van der Waals surface area contributed by atoms with Crippen LogP contribution in [0.2, 0.25) is 0 Å². The van der Waals surface area contributed by atoms with Crippen LogP contribution in [0.15, 0.2) is 48.5 Å². The van der Waals surface area contributed by atoms with Crippen molar-refractivity contribution in [1.29, 1.82) is 0 Å². The van der Waals surface area contributed by atoms with E-state index in [0.717, 1.165) is 23.7 Å². The fourth-order valence-corrected chi connectivity index (χ4v) is 8.35. The monoisotopic (exact) mass is 476 g/mol.